The molecule has 0 bridgehead atoms. The summed E-state index contributed by atoms with van der Waals surface area (Å²) in [6, 6.07) is 9.65. The molecule has 1 aromatic carbocycles. The summed E-state index contributed by atoms with van der Waals surface area (Å²) in [7, 11) is 0. The predicted molar refractivity (Wildman–Crippen MR) is 163 cm³/mol. The first-order valence-corrected chi connectivity index (χ1v) is 15.4. The maximum Gasteiger partial charge on any atom is 0.410 e. The van der Waals surface area contributed by atoms with Gasteiger partial charge in [-0.05, 0) is 85.6 Å². The van der Waals surface area contributed by atoms with E-state index in [9.17, 15) is 14.4 Å². The molecule has 3 N–H and O–H groups in total. The molecule has 4 rings (SSSR count). The first kappa shape index (κ1) is 34.4. The Labute approximate surface area is 256 Å². The second-order valence-corrected chi connectivity index (χ2v) is 14.0. The van der Waals surface area contributed by atoms with E-state index < -0.39 is 16.7 Å². The molecule has 2 unspecified atom stereocenters. The quantitative estimate of drug-likeness (QED) is 0.464. The maximum atomic E-state index is 12.5. The van der Waals surface area contributed by atoms with E-state index in [-0.39, 0.29) is 37.0 Å². The lowest BCUT2D eigenvalue weighted by Crippen LogP contribution is -2.69. The van der Waals surface area contributed by atoms with Gasteiger partial charge in [0, 0.05) is 44.9 Å². The molecule has 11 heteroatoms. The summed E-state index contributed by atoms with van der Waals surface area (Å²) in [4.78, 5) is 42.0. The fourth-order valence-electron chi connectivity index (χ4n) is 5.71. The lowest BCUT2D eigenvalue weighted by atomic mass is 9.78. The van der Waals surface area contributed by atoms with Gasteiger partial charge in [-0.3, -0.25) is 0 Å². The van der Waals surface area contributed by atoms with Crippen molar-refractivity contribution in [3.05, 3.63) is 35.9 Å². The van der Waals surface area contributed by atoms with Crippen LogP contribution in [0.25, 0.3) is 0 Å². The number of rotatable bonds is 4. The molecule has 11 nitrogen and oxygen atoms in total. The summed E-state index contributed by atoms with van der Waals surface area (Å²) >= 11 is 0. The van der Waals surface area contributed by atoms with Gasteiger partial charge in [0.15, 0.2) is 0 Å². The van der Waals surface area contributed by atoms with Crippen molar-refractivity contribution in [2.24, 2.45) is 5.73 Å². The number of hydrogen-bond acceptors (Lipinski definition) is 8. The average molecular weight is 605 g/mol. The highest BCUT2D eigenvalue weighted by Gasteiger charge is 2.51. The van der Waals surface area contributed by atoms with Crippen LogP contribution in [0.15, 0.2) is 30.3 Å². The zero-order chi connectivity index (χ0) is 31.9. The van der Waals surface area contributed by atoms with Crippen molar-refractivity contribution in [3.8, 4) is 0 Å². The molecular weight excluding hydrogens is 552 g/mol. The van der Waals surface area contributed by atoms with Gasteiger partial charge >= 0.3 is 18.3 Å². The van der Waals surface area contributed by atoms with Gasteiger partial charge in [-0.2, -0.15) is 0 Å². The fourth-order valence-corrected chi connectivity index (χ4v) is 5.71. The second-order valence-electron chi connectivity index (χ2n) is 14.0. The summed E-state index contributed by atoms with van der Waals surface area (Å²) in [6.07, 6.45) is 3.95. The molecule has 242 valence electrons. The van der Waals surface area contributed by atoms with E-state index in [1.165, 1.54) is 0 Å². The molecule has 43 heavy (non-hydrogen) atoms. The fraction of sp³-hybridized carbons (Fsp3) is 0.719. The molecule has 0 aromatic heterocycles. The Bertz CT molecular complexity index is 1080. The summed E-state index contributed by atoms with van der Waals surface area (Å²) in [5.74, 6) is 0. The van der Waals surface area contributed by atoms with Crippen molar-refractivity contribution < 1.29 is 33.7 Å². The monoisotopic (exact) mass is 604 g/mol. The smallest absolute Gasteiger partial charge is 0.410 e. The third-order valence-electron chi connectivity index (χ3n) is 7.88. The zero-order valence-corrected chi connectivity index (χ0v) is 26.9. The van der Waals surface area contributed by atoms with E-state index in [2.05, 4.69) is 0 Å². The van der Waals surface area contributed by atoms with Crippen LogP contribution in [0.2, 0.25) is 0 Å². The number of piperidine rings is 2. The van der Waals surface area contributed by atoms with Gasteiger partial charge in [-0.25, -0.2) is 14.4 Å². The molecule has 3 fully saturated rings. The standard InChI is InChI=1S/C20H28N2O4.C12H24N2O3/c1-19(2,3)26-17(23)21-12-7-10-20(15-21)11-13-22(20)18(24)25-14-16-8-5-4-6-9-16;1-11(2,3)17-10(16)14-7-4-5-12(13,9-14)6-8-15/h4-6,8-9H,7,10-15H2,1-3H3;15H,4-9,13H2,1-3H3. The molecule has 0 aliphatic carbocycles. The summed E-state index contributed by atoms with van der Waals surface area (Å²) < 4.78 is 16.3. The molecule has 1 spiro atoms. The van der Waals surface area contributed by atoms with Crippen molar-refractivity contribution in [1.82, 2.24) is 14.7 Å². The van der Waals surface area contributed by atoms with E-state index in [1.807, 2.05) is 71.9 Å². The van der Waals surface area contributed by atoms with Gasteiger partial charge in [0.25, 0.3) is 0 Å². The van der Waals surface area contributed by atoms with Crippen LogP contribution < -0.4 is 5.73 Å². The first-order valence-electron chi connectivity index (χ1n) is 15.4. The number of carbonyl (C=O) groups excluding carboxylic acids is 3. The van der Waals surface area contributed by atoms with Crippen LogP contribution in [0.4, 0.5) is 14.4 Å². The van der Waals surface area contributed by atoms with Gasteiger partial charge < -0.3 is 39.8 Å². The first-order chi connectivity index (χ1) is 20.0. The highest BCUT2D eigenvalue weighted by molar-refractivity contribution is 5.72. The molecule has 3 aliphatic heterocycles. The van der Waals surface area contributed by atoms with E-state index in [0.29, 0.717) is 39.1 Å². The summed E-state index contributed by atoms with van der Waals surface area (Å²) in [5.41, 5.74) is 5.35. The van der Waals surface area contributed by atoms with Crippen molar-refractivity contribution in [1.29, 1.82) is 0 Å². The Morgan fingerprint density at radius 1 is 0.814 bits per heavy atom. The van der Waals surface area contributed by atoms with Gasteiger partial charge in [0.1, 0.15) is 17.8 Å². The Hall–Kier alpha value is -3.05. The van der Waals surface area contributed by atoms with Crippen LogP contribution in [0.5, 0.6) is 0 Å². The summed E-state index contributed by atoms with van der Waals surface area (Å²) in [6.45, 7) is 14.4. The number of ether oxygens (including phenoxy) is 3. The largest absolute Gasteiger partial charge is 0.445 e. The number of carbonyl (C=O) groups is 3. The van der Waals surface area contributed by atoms with Crippen LogP contribution in [0, 0.1) is 0 Å². The number of nitrogens with two attached hydrogens (primary N) is 1. The van der Waals surface area contributed by atoms with Crippen molar-refractivity contribution in [2.75, 3.05) is 39.3 Å². The second kappa shape index (κ2) is 14.2. The SMILES string of the molecule is CC(C)(C)OC(=O)N1CCCC(N)(CCO)C1.CC(C)(C)OC(=O)N1CCCC2(CCN2C(=O)OCc2ccccc2)C1. The van der Waals surface area contributed by atoms with E-state index in [4.69, 9.17) is 25.1 Å². The normalized spacial score (nSPS) is 24.0. The molecule has 0 saturated carbocycles. The third-order valence-corrected chi connectivity index (χ3v) is 7.88. The van der Waals surface area contributed by atoms with E-state index in [1.54, 1.807) is 14.7 Å². The van der Waals surface area contributed by atoms with Crippen molar-refractivity contribution in [2.45, 2.75) is 109 Å². The molecule has 3 aliphatic rings. The van der Waals surface area contributed by atoms with Crippen molar-refractivity contribution in [3.63, 3.8) is 0 Å². The number of aliphatic hydroxyl groups is 1. The number of aliphatic hydroxyl groups excluding tert-OH is 1. The van der Waals surface area contributed by atoms with Gasteiger partial charge in [0.05, 0.1) is 5.54 Å². The Morgan fingerprint density at radius 3 is 1.88 bits per heavy atom. The van der Waals surface area contributed by atoms with Crippen LogP contribution >= 0.6 is 0 Å². The summed E-state index contributed by atoms with van der Waals surface area (Å²) in [5, 5.41) is 8.98. The Morgan fingerprint density at radius 2 is 1.37 bits per heavy atom. The minimum absolute atomic E-state index is 0.0542. The Kier molecular flexibility index (Phi) is 11.3. The number of amides is 3. The lowest BCUT2D eigenvalue weighted by molar-refractivity contribution is -0.0626. The number of benzene rings is 1. The van der Waals surface area contributed by atoms with E-state index >= 15 is 0 Å². The van der Waals surface area contributed by atoms with Gasteiger partial charge in [0.2, 0.25) is 0 Å². The van der Waals surface area contributed by atoms with Crippen molar-refractivity contribution >= 4 is 18.3 Å². The zero-order valence-electron chi connectivity index (χ0n) is 26.9. The molecule has 3 amide bonds. The number of likely N-dealkylation sites (tertiary alicyclic amines) is 3. The van der Waals surface area contributed by atoms with Crippen LogP contribution in [-0.2, 0) is 20.8 Å². The molecule has 2 atom stereocenters. The van der Waals surface area contributed by atoms with Crippen LogP contribution in [-0.4, -0.2) is 99.7 Å². The Balaban J connectivity index is 0.000000259. The minimum Gasteiger partial charge on any atom is -0.445 e. The predicted octanol–water partition coefficient (Wildman–Crippen LogP) is 4.90. The van der Waals surface area contributed by atoms with E-state index in [0.717, 1.165) is 37.7 Å². The van der Waals surface area contributed by atoms with Crippen LogP contribution in [0.1, 0.15) is 85.6 Å². The number of hydrogen-bond donors (Lipinski definition) is 2. The highest BCUT2D eigenvalue weighted by Crippen LogP contribution is 2.39. The molecule has 0 radical (unpaired) electrons. The lowest BCUT2D eigenvalue weighted by Gasteiger charge is -2.55. The molecule has 3 saturated heterocycles. The minimum atomic E-state index is -0.518. The number of nitrogens with zero attached hydrogens (tertiary/aromatic N) is 3. The van der Waals surface area contributed by atoms with Crippen LogP contribution in [0.3, 0.4) is 0 Å². The molecule has 3 heterocycles. The molecule has 1 aromatic rings. The average Bonchev–Trinajstić information content (AvgIpc) is 2.90. The van der Waals surface area contributed by atoms with Gasteiger partial charge in [-0.1, -0.05) is 30.3 Å². The molecular formula is C32H52N4O7. The maximum absolute atomic E-state index is 12.5. The topological polar surface area (TPSA) is 135 Å². The van der Waals surface area contributed by atoms with Gasteiger partial charge in [-0.15, -0.1) is 0 Å². The third kappa shape index (κ3) is 10.3. The highest BCUT2D eigenvalue weighted by atomic mass is 16.6.